The van der Waals surface area contributed by atoms with E-state index in [2.05, 4.69) is 24.5 Å². The minimum absolute atomic E-state index is 0.0315. The fraction of sp³-hybridized carbons (Fsp3) is 0.652. The van der Waals surface area contributed by atoms with Gasteiger partial charge in [-0.05, 0) is 51.3 Å². The van der Waals surface area contributed by atoms with E-state index in [0.29, 0.717) is 42.2 Å². The Morgan fingerprint density at radius 1 is 1.03 bits per heavy atom. The van der Waals surface area contributed by atoms with Crippen molar-refractivity contribution in [3.8, 4) is 11.5 Å². The van der Waals surface area contributed by atoms with Crippen molar-refractivity contribution >= 4 is 17.5 Å². The van der Waals surface area contributed by atoms with Gasteiger partial charge < -0.3 is 20.1 Å². The molecule has 7 heteroatoms. The minimum Gasteiger partial charge on any atom is -0.490 e. The molecule has 0 aromatic heterocycles. The first-order valence-corrected chi connectivity index (χ1v) is 11.0. The third-order valence-corrected chi connectivity index (χ3v) is 5.71. The lowest BCUT2D eigenvalue weighted by Gasteiger charge is -2.34. The number of likely N-dealkylation sites (N-methyl/N-ethyl adjacent to an activating group) is 1. The molecule has 1 aromatic rings. The fourth-order valence-electron chi connectivity index (χ4n) is 3.91. The number of amides is 2. The Bertz CT molecular complexity index is 710. The van der Waals surface area contributed by atoms with E-state index in [-0.39, 0.29) is 30.9 Å². The summed E-state index contributed by atoms with van der Waals surface area (Å²) in [5.41, 5.74) is 0.634. The first kappa shape index (κ1) is 24.0. The van der Waals surface area contributed by atoms with E-state index in [9.17, 15) is 9.59 Å². The van der Waals surface area contributed by atoms with Crippen molar-refractivity contribution in [2.45, 2.75) is 53.0 Å². The molecule has 2 amide bonds. The molecule has 168 valence electrons. The molecule has 1 aromatic carbocycles. The fourth-order valence-corrected chi connectivity index (χ4v) is 3.91. The van der Waals surface area contributed by atoms with Crippen LogP contribution in [0.5, 0.6) is 11.5 Å². The summed E-state index contributed by atoms with van der Waals surface area (Å²) in [5, 5.41) is 6.01. The zero-order chi connectivity index (χ0) is 22.1. The maximum Gasteiger partial charge on any atom is 0.238 e. The van der Waals surface area contributed by atoms with Crippen molar-refractivity contribution in [3.63, 3.8) is 0 Å². The molecule has 0 bridgehead atoms. The van der Waals surface area contributed by atoms with Crippen molar-refractivity contribution in [1.82, 2.24) is 10.2 Å². The summed E-state index contributed by atoms with van der Waals surface area (Å²) in [6, 6.07) is 5.55. The van der Waals surface area contributed by atoms with Gasteiger partial charge in [-0.25, -0.2) is 0 Å². The topological polar surface area (TPSA) is 79.9 Å². The Balaban J connectivity index is 1.84. The predicted molar refractivity (Wildman–Crippen MR) is 119 cm³/mol. The Morgan fingerprint density at radius 3 is 2.40 bits per heavy atom. The first-order chi connectivity index (χ1) is 14.3. The number of benzene rings is 1. The van der Waals surface area contributed by atoms with Gasteiger partial charge in [0.2, 0.25) is 11.8 Å². The second-order valence-electron chi connectivity index (χ2n) is 8.19. The van der Waals surface area contributed by atoms with Gasteiger partial charge in [0, 0.05) is 17.8 Å². The van der Waals surface area contributed by atoms with Crippen LogP contribution < -0.4 is 20.1 Å². The van der Waals surface area contributed by atoms with Crippen LogP contribution in [0.25, 0.3) is 0 Å². The number of carbonyl (C=O) groups excluding carboxylic acids is 2. The second kappa shape index (κ2) is 11.8. The average molecular weight is 420 g/mol. The third-order valence-electron chi connectivity index (χ3n) is 5.71. The Labute approximate surface area is 180 Å². The summed E-state index contributed by atoms with van der Waals surface area (Å²) >= 11 is 0. The molecule has 7 nitrogen and oxygen atoms in total. The van der Waals surface area contributed by atoms with E-state index in [1.165, 1.54) is 6.42 Å². The molecule has 1 fully saturated rings. The van der Waals surface area contributed by atoms with Crippen LogP contribution in [-0.2, 0) is 9.59 Å². The lowest BCUT2D eigenvalue weighted by Crippen LogP contribution is -2.47. The van der Waals surface area contributed by atoms with Gasteiger partial charge in [-0.3, -0.25) is 14.5 Å². The van der Waals surface area contributed by atoms with Crippen LogP contribution in [0.1, 0.15) is 47.0 Å². The van der Waals surface area contributed by atoms with Crippen LogP contribution in [0.4, 0.5) is 5.69 Å². The van der Waals surface area contributed by atoms with E-state index in [4.69, 9.17) is 9.47 Å². The standard InChI is InChI=1S/C23H37N3O4/c1-6-29-20-12-11-18(13-21(20)30-7-2)24-22(27)14-26(5)15-23(28)25-19-10-8-9-16(3)17(19)4/h11-13,16-17,19H,6-10,14-15H2,1-5H3,(H,24,27)(H,25,28). The third kappa shape index (κ3) is 7.20. The van der Waals surface area contributed by atoms with Crippen molar-refractivity contribution in [3.05, 3.63) is 18.2 Å². The van der Waals surface area contributed by atoms with Gasteiger partial charge in [-0.1, -0.05) is 26.7 Å². The molecule has 1 aliphatic rings. The molecule has 2 rings (SSSR count). The van der Waals surface area contributed by atoms with E-state index in [1.54, 1.807) is 30.1 Å². The van der Waals surface area contributed by atoms with Crippen LogP contribution >= 0.6 is 0 Å². The second-order valence-corrected chi connectivity index (χ2v) is 8.19. The summed E-state index contributed by atoms with van der Waals surface area (Å²) in [7, 11) is 1.77. The molecule has 2 N–H and O–H groups in total. The van der Waals surface area contributed by atoms with Crippen LogP contribution in [0.2, 0.25) is 0 Å². The van der Waals surface area contributed by atoms with E-state index >= 15 is 0 Å². The van der Waals surface area contributed by atoms with Gasteiger partial charge in [0.1, 0.15) is 0 Å². The zero-order valence-corrected chi connectivity index (χ0v) is 19.0. The predicted octanol–water partition coefficient (Wildman–Crippen LogP) is 3.30. The van der Waals surface area contributed by atoms with Gasteiger partial charge in [0.15, 0.2) is 11.5 Å². The van der Waals surface area contributed by atoms with Crippen LogP contribution in [-0.4, -0.2) is 56.1 Å². The highest BCUT2D eigenvalue weighted by molar-refractivity contribution is 5.93. The summed E-state index contributed by atoms with van der Waals surface area (Å²) < 4.78 is 11.1. The first-order valence-electron chi connectivity index (χ1n) is 11.0. The molecule has 0 aliphatic heterocycles. The van der Waals surface area contributed by atoms with Crippen molar-refractivity contribution in [2.24, 2.45) is 11.8 Å². The molecule has 30 heavy (non-hydrogen) atoms. The lowest BCUT2D eigenvalue weighted by molar-refractivity contribution is -0.124. The van der Waals surface area contributed by atoms with Gasteiger partial charge in [-0.15, -0.1) is 0 Å². The highest BCUT2D eigenvalue weighted by atomic mass is 16.5. The SMILES string of the molecule is CCOc1ccc(NC(=O)CN(C)CC(=O)NC2CCCC(C)C2C)cc1OCC. The van der Waals surface area contributed by atoms with Crippen LogP contribution in [0, 0.1) is 11.8 Å². The number of carbonyl (C=O) groups is 2. The number of hydrogen-bond acceptors (Lipinski definition) is 5. The monoisotopic (exact) mass is 419 g/mol. The van der Waals surface area contributed by atoms with E-state index in [1.807, 2.05) is 13.8 Å². The van der Waals surface area contributed by atoms with Gasteiger partial charge in [0.05, 0.1) is 26.3 Å². The van der Waals surface area contributed by atoms with E-state index < -0.39 is 0 Å². The number of rotatable bonds is 10. The van der Waals surface area contributed by atoms with Crippen molar-refractivity contribution in [1.29, 1.82) is 0 Å². The largest absolute Gasteiger partial charge is 0.490 e. The quantitative estimate of drug-likeness (QED) is 0.608. The molecule has 0 spiro atoms. The molecule has 0 radical (unpaired) electrons. The summed E-state index contributed by atoms with van der Waals surface area (Å²) in [6.07, 6.45) is 3.41. The molecule has 1 saturated carbocycles. The van der Waals surface area contributed by atoms with Crippen LogP contribution in [0.3, 0.4) is 0 Å². The van der Waals surface area contributed by atoms with Gasteiger partial charge in [-0.2, -0.15) is 0 Å². The normalized spacial score (nSPS) is 21.2. The summed E-state index contributed by atoms with van der Waals surface area (Å²) in [5.74, 6) is 2.14. The zero-order valence-electron chi connectivity index (χ0n) is 19.0. The maximum atomic E-state index is 12.4. The van der Waals surface area contributed by atoms with Crippen molar-refractivity contribution in [2.75, 3.05) is 38.7 Å². The Kier molecular flexibility index (Phi) is 9.43. The Hall–Kier alpha value is -2.28. The van der Waals surface area contributed by atoms with E-state index in [0.717, 1.165) is 12.8 Å². The summed E-state index contributed by atoms with van der Waals surface area (Å²) in [6.45, 7) is 9.63. The number of hydrogen-bond donors (Lipinski definition) is 2. The number of nitrogens with zero attached hydrogens (tertiary/aromatic N) is 1. The molecular formula is C23H37N3O4. The summed E-state index contributed by atoms with van der Waals surface area (Å²) in [4.78, 5) is 26.5. The Morgan fingerprint density at radius 2 is 1.70 bits per heavy atom. The molecule has 1 aliphatic carbocycles. The van der Waals surface area contributed by atoms with Gasteiger partial charge >= 0.3 is 0 Å². The smallest absolute Gasteiger partial charge is 0.238 e. The highest BCUT2D eigenvalue weighted by Gasteiger charge is 2.28. The molecule has 3 unspecified atom stereocenters. The van der Waals surface area contributed by atoms with Crippen LogP contribution in [0.15, 0.2) is 18.2 Å². The highest BCUT2D eigenvalue weighted by Crippen LogP contribution is 2.31. The van der Waals surface area contributed by atoms with Crippen molar-refractivity contribution < 1.29 is 19.1 Å². The number of ether oxygens (including phenoxy) is 2. The molecule has 3 atom stereocenters. The minimum atomic E-state index is -0.184. The number of anilines is 1. The average Bonchev–Trinajstić information content (AvgIpc) is 2.67. The maximum absolute atomic E-state index is 12.4. The molecular weight excluding hydrogens is 382 g/mol. The molecule has 0 saturated heterocycles. The lowest BCUT2D eigenvalue weighted by atomic mass is 9.78. The molecule has 0 heterocycles. The van der Waals surface area contributed by atoms with Gasteiger partial charge in [0.25, 0.3) is 0 Å². The number of nitrogens with one attached hydrogen (secondary N) is 2.